The Balaban J connectivity index is 1.89. The Morgan fingerprint density at radius 2 is 1.91 bits per heavy atom. The minimum absolute atomic E-state index is 0.121. The summed E-state index contributed by atoms with van der Waals surface area (Å²) in [6.45, 7) is 0. The van der Waals surface area contributed by atoms with Crippen LogP contribution in [0.5, 0.6) is 0 Å². The molecule has 3 aromatic rings. The lowest BCUT2D eigenvalue weighted by atomic mass is 10.1. The van der Waals surface area contributed by atoms with E-state index in [1.807, 2.05) is 36.4 Å². The number of aromatic nitrogens is 3. The van der Waals surface area contributed by atoms with Gasteiger partial charge in [0.25, 0.3) is 11.5 Å². The second kappa shape index (κ2) is 6.10. The summed E-state index contributed by atoms with van der Waals surface area (Å²) in [5, 5.41) is 2.93. The number of aromatic amines is 1. The fourth-order valence-electron chi connectivity index (χ4n) is 2.14. The molecule has 0 saturated heterocycles. The summed E-state index contributed by atoms with van der Waals surface area (Å²) in [5.74, 6) is -0.718. The van der Waals surface area contributed by atoms with Crippen LogP contribution in [0.4, 0.5) is 11.5 Å². The molecular weight excluding hydrogens is 294 g/mol. The second-order valence-corrected chi connectivity index (χ2v) is 4.76. The number of rotatable bonds is 4. The predicted octanol–water partition coefficient (Wildman–Crippen LogP) is 1.67. The van der Waals surface area contributed by atoms with E-state index >= 15 is 0 Å². The van der Waals surface area contributed by atoms with Gasteiger partial charge in [-0.05, 0) is 29.3 Å². The topological polar surface area (TPSA) is 114 Å². The van der Waals surface area contributed by atoms with Crippen molar-refractivity contribution >= 4 is 17.4 Å². The number of amides is 1. The zero-order valence-electron chi connectivity index (χ0n) is 12.0. The molecule has 0 aliphatic carbocycles. The number of primary amides is 1. The van der Waals surface area contributed by atoms with Crippen LogP contribution in [0.1, 0.15) is 10.4 Å². The van der Waals surface area contributed by atoms with Crippen molar-refractivity contribution in [3.63, 3.8) is 0 Å². The van der Waals surface area contributed by atoms with Gasteiger partial charge >= 0.3 is 0 Å². The number of carbonyl (C=O) groups excluding carboxylic acids is 1. The van der Waals surface area contributed by atoms with E-state index in [9.17, 15) is 9.59 Å². The van der Waals surface area contributed by atoms with Crippen molar-refractivity contribution in [3.8, 4) is 11.1 Å². The third-order valence-corrected chi connectivity index (χ3v) is 3.24. The van der Waals surface area contributed by atoms with Gasteiger partial charge in [0.1, 0.15) is 5.56 Å². The molecule has 0 unspecified atom stereocenters. The summed E-state index contributed by atoms with van der Waals surface area (Å²) in [6.07, 6.45) is 4.69. The normalized spacial score (nSPS) is 10.3. The molecule has 23 heavy (non-hydrogen) atoms. The third-order valence-electron chi connectivity index (χ3n) is 3.24. The van der Waals surface area contributed by atoms with E-state index in [1.54, 1.807) is 12.4 Å². The van der Waals surface area contributed by atoms with Crippen molar-refractivity contribution in [2.24, 2.45) is 5.73 Å². The summed E-state index contributed by atoms with van der Waals surface area (Å²) in [6, 6.07) is 11.2. The Kier molecular flexibility index (Phi) is 3.84. The number of nitrogens with zero attached hydrogens (tertiary/aromatic N) is 2. The summed E-state index contributed by atoms with van der Waals surface area (Å²) in [7, 11) is 0. The molecule has 2 aromatic heterocycles. The third kappa shape index (κ3) is 3.08. The molecule has 3 rings (SSSR count). The Morgan fingerprint density at radius 3 is 2.57 bits per heavy atom. The first kappa shape index (κ1) is 14.5. The van der Waals surface area contributed by atoms with Crippen LogP contribution in [0.2, 0.25) is 0 Å². The fraction of sp³-hybridized carbons (Fsp3) is 0. The van der Waals surface area contributed by atoms with Crippen LogP contribution in [0.15, 0.2) is 59.9 Å². The lowest BCUT2D eigenvalue weighted by molar-refractivity contribution is 0.0999. The molecule has 0 radical (unpaired) electrons. The molecule has 0 saturated carbocycles. The van der Waals surface area contributed by atoms with Crippen molar-refractivity contribution < 1.29 is 4.79 Å². The highest BCUT2D eigenvalue weighted by molar-refractivity contribution is 5.97. The van der Waals surface area contributed by atoms with Crippen LogP contribution in [0.3, 0.4) is 0 Å². The summed E-state index contributed by atoms with van der Waals surface area (Å²) in [5.41, 5.74) is 7.11. The van der Waals surface area contributed by atoms with Crippen LogP contribution in [-0.4, -0.2) is 20.9 Å². The van der Waals surface area contributed by atoms with Gasteiger partial charge in [-0.1, -0.05) is 18.2 Å². The highest BCUT2D eigenvalue weighted by Gasteiger charge is 2.14. The molecule has 7 heteroatoms. The number of benzene rings is 1. The maximum atomic E-state index is 11.7. The molecule has 1 amide bonds. The molecule has 0 fully saturated rings. The van der Waals surface area contributed by atoms with Crippen molar-refractivity contribution in [1.29, 1.82) is 0 Å². The molecule has 1 aromatic carbocycles. The monoisotopic (exact) mass is 307 g/mol. The molecular formula is C16H13N5O2. The summed E-state index contributed by atoms with van der Waals surface area (Å²) in [4.78, 5) is 33.4. The number of nitrogens with one attached hydrogen (secondary N) is 2. The quantitative estimate of drug-likeness (QED) is 0.678. The number of anilines is 2. The highest BCUT2D eigenvalue weighted by atomic mass is 16.2. The van der Waals surface area contributed by atoms with Gasteiger partial charge in [-0.25, -0.2) is 4.98 Å². The molecule has 114 valence electrons. The molecule has 2 heterocycles. The van der Waals surface area contributed by atoms with Gasteiger partial charge in [0.05, 0.1) is 6.33 Å². The van der Waals surface area contributed by atoms with E-state index in [1.165, 1.54) is 6.33 Å². The number of hydrogen-bond acceptors (Lipinski definition) is 5. The predicted molar refractivity (Wildman–Crippen MR) is 86.3 cm³/mol. The second-order valence-electron chi connectivity index (χ2n) is 4.76. The Morgan fingerprint density at radius 1 is 1.13 bits per heavy atom. The minimum atomic E-state index is -0.839. The van der Waals surface area contributed by atoms with Gasteiger partial charge in [0.15, 0.2) is 5.82 Å². The zero-order valence-corrected chi connectivity index (χ0v) is 12.0. The van der Waals surface area contributed by atoms with Gasteiger partial charge in [0.2, 0.25) is 0 Å². The largest absolute Gasteiger partial charge is 0.365 e. The summed E-state index contributed by atoms with van der Waals surface area (Å²) < 4.78 is 0. The number of H-pyrrole nitrogens is 1. The zero-order chi connectivity index (χ0) is 16.2. The van der Waals surface area contributed by atoms with Crippen LogP contribution in [0, 0.1) is 0 Å². The average Bonchev–Trinajstić information content (AvgIpc) is 2.56. The van der Waals surface area contributed by atoms with E-state index in [4.69, 9.17) is 5.73 Å². The van der Waals surface area contributed by atoms with Gasteiger partial charge in [-0.15, -0.1) is 0 Å². The average molecular weight is 307 g/mol. The van der Waals surface area contributed by atoms with Crippen molar-refractivity contribution in [1.82, 2.24) is 15.0 Å². The molecule has 4 N–H and O–H groups in total. The Hall–Kier alpha value is -3.48. The van der Waals surface area contributed by atoms with Crippen molar-refractivity contribution in [3.05, 3.63) is 71.0 Å². The smallest absolute Gasteiger partial charge is 0.265 e. The number of hydrogen-bond donors (Lipinski definition) is 3. The first-order chi connectivity index (χ1) is 11.1. The molecule has 0 aliphatic heterocycles. The molecule has 7 nitrogen and oxygen atoms in total. The van der Waals surface area contributed by atoms with E-state index in [-0.39, 0.29) is 11.4 Å². The van der Waals surface area contributed by atoms with E-state index < -0.39 is 11.5 Å². The lowest BCUT2D eigenvalue weighted by Gasteiger charge is -2.09. The number of carbonyl (C=O) groups is 1. The van der Waals surface area contributed by atoms with Crippen molar-refractivity contribution in [2.45, 2.75) is 0 Å². The Labute approximate surface area is 131 Å². The highest BCUT2D eigenvalue weighted by Crippen LogP contribution is 2.22. The first-order valence-electron chi connectivity index (χ1n) is 6.80. The van der Waals surface area contributed by atoms with E-state index in [0.29, 0.717) is 5.69 Å². The summed E-state index contributed by atoms with van der Waals surface area (Å²) >= 11 is 0. The first-order valence-corrected chi connectivity index (χ1v) is 6.80. The van der Waals surface area contributed by atoms with Crippen LogP contribution in [-0.2, 0) is 0 Å². The molecule has 0 spiro atoms. The maximum Gasteiger partial charge on any atom is 0.265 e. The number of pyridine rings is 1. The Bertz CT molecular complexity index is 888. The van der Waals surface area contributed by atoms with Crippen molar-refractivity contribution in [2.75, 3.05) is 5.32 Å². The van der Waals surface area contributed by atoms with Crippen LogP contribution in [0.25, 0.3) is 11.1 Å². The standard InChI is InChI=1S/C16H13N5O2/c17-14(22)13-15(19-9-20-16(13)23)21-12-5-3-10(4-6-12)11-2-1-7-18-8-11/h1-9H,(H2,17,22)(H2,19,20,21,23). The number of nitrogens with two attached hydrogens (primary N) is 1. The lowest BCUT2D eigenvalue weighted by Crippen LogP contribution is -2.25. The molecule has 0 atom stereocenters. The van der Waals surface area contributed by atoms with Gasteiger partial charge < -0.3 is 16.0 Å². The van der Waals surface area contributed by atoms with Crippen LogP contribution < -0.4 is 16.6 Å². The van der Waals surface area contributed by atoms with E-state index in [0.717, 1.165) is 11.1 Å². The van der Waals surface area contributed by atoms with Gasteiger partial charge in [0, 0.05) is 18.1 Å². The maximum absolute atomic E-state index is 11.7. The minimum Gasteiger partial charge on any atom is -0.365 e. The SMILES string of the molecule is NC(=O)c1c(Nc2ccc(-c3cccnc3)cc2)nc[nH]c1=O. The van der Waals surface area contributed by atoms with Gasteiger partial charge in [-0.2, -0.15) is 0 Å². The fourth-order valence-corrected chi connectivity index (χ4v) is 2.14. The molecule has 0 bridgehead atoms. The van der Waals surface area contributed by atoms with Gasteiger partial charge in [-0.3, -0.25) is 14.6 Å². The van der Waals surface area contributed by atoms with Crippen LogP contribution >= 0.6 is 0 Å². The molecule has 0 aliphatic rings. The van der Waals surface area contributed by atoms with E-state index in [2.05, 4.69) is 20.3 Å².